The first-order chi connectivity index (χ1) is 5.79. The Hall–Kier alpha value is -1.05. The van der Waals surface area contributed by atoms with Crippen molar-refractivity contribution in [3.63, 3.8) is 0 Å². The van der Waals surface area contributed by atoms with Crippen LogP contribution in [0.3, 0.4) is 0 Å². The highest BCUT2D eigenvalue weighted by molar-refractivity contribution is 5.73. The molecule has 2 nitrogen and oxygen atoms in total. The van der Waals surface area contributed by atoms with E-state index in [2.05, 4.69) is 30.2 Å². The van der Waals surface area contributed by atoms with Crippen molar-refractivity contribution < 1.29 is 0 Å². The molecule has 0 spiro atoms. The van der Waals surface area contributed by atoms with Crippen LogP contribution in [0.1, 0.15) is 20.8 Å². The van der Waals surface area contributed by atoms with Crippen LogP contribution in [-0.2, 0) is 0 Å². The molecule has 0 saturated carbocycles. The first kappa shape index (κ1) is 9.04. The molecule has 0 bridgehead atoms. The summed E-state index contributed by atoms with van der Waals surface area (Å²) in [4.78, 5) is 4.22. The zero-order chi connectivity index (χ0) is 8.97. The third-order valence-electron chi connectivity index (χ3n) is 2.02. The number of rotatable bonds is 2. The highest BCUT2D eigenvalue weighted by Crippen LogP contribution is 2.17. The molecular weight excluding hydrogens is 148 g/mol. The lowest BCUT2D eigenvalue weighted by Gasteiger charge is -2.07. The second kappa shape index (κ2) is 4.10. The molecule has 0 aromatic rings. The normalized spacial score (nSPS) is 26.4. The van der Waals surface area contributed by atoms with Gasteiger partial charge >= 0.3 is 0 Å². The van der Waals surface area contributed by atoms with Crippen molar-refractivity contribution in [2.24, 2.45) is 4.99 Å². The Labute approximate surface area is 74.1 Å². The fourth-order valence-corrected chi connectivity index (χ4v) is 1.37. The Morgan fingerprint density at radius 3 is 3.00 bits per heavy atom. The number of hydrogen-bond donors (Lipinski definition) is 1. The first-order valence-electron chi connectivity index (χ1n) is 4.39. The highest BCUT2D eigenvalue weighted by atomic mass is 14.9. The lowest BCUT2D eigenvalue weighted by atomic mass is 10.1. The quantitative estimate of drug-likeness (QED) is 0.619. The van der Waals surface area contributed by atoms with Gasteiger partial charge in [0.15, 0.2) is 0 Å². The smallest absolute Gasteiger partial charge is 0.0861 e. The van der Waals surface area contributed by atoms with Gasteiger partial charge in [0.25, 0.3) is 0 Å². The first-order valence-corrected chi connectivity index (χ1v) is 4.39. The van der Waals surface area contributed by atoms with Gasteiger partial charge < -0.3 is 5.32 Å². The molecule has 0 fully saturated rings. The maximum atomic E-state index is 4.22. The van der Waals surface area contributed by atoms with Crippen LogP contribution in [0.25, 0.3) is 0 Å². The maximum absolute atomic E-state index is 4.22. The van der Waals surface area contributed by atoms with Crippen LogP contribution in [0.4, 0.5) is 0 Å². The molecule has 12 heavy (non-hydrogen) atoms. The largest absolute Gasteiger partial charge is 0.379 e. The van der Waals surface area contributed by atoms with Gasteiger partial charge in [-0.25, -0.2) is 0 Å². The van der Waals surface area contributed by atoms with Gasteiger partial charge in [0, 0.05) is 19.0 Å². The molecule has 66 valence electrons. The highest BCUT2D eigenvalue weighted by Gasteiger charge is 2.16. The summed E-state index contributed by atoms with van der Waals surface area (Å²) in [7, 11) is 0. The van der Waals surface area contributed by atoms with E-state index in [4.69, 9.17) is 0 Å². The minimum atomic E-state index is 0.301. The summed E-state index contributed by atoms with van der Waals surface area (Å²) in [5, 5.41) is 3.26. The molecule has 2 heteroatoms. The fourth-order valence-electron chi connectivity index (χ4n) is 1.37. The fraction of sp³-hybridized carbons (Fsp3) is 0.500. The third kappa shape index (κ3) is 1.76. The number of hydrogen-bond acceptors (Lipinski definition) is 2. The van der Waals surface area contributed by atoms with Crippen LogP contribution in [0, 0.1) is 0 Å². The van der Waals surface area contributed by atoms with Gasteiger partial charge in [-0.15, -0.1) is 0 Å². The van der Waals surface area contributed by atoms with E-state index in [1.807, 2.05) is 19.3 Å². The average molecular weight is 164 g/mol. The van der Waals surface area contributed by atoms with Gasteiger partial charge in [-0.05, 0) is 31.9 Å². The van der Waals surface area contributed by atoms with Gasteiger partial charge in [-0.2, -0.15) is 0 Å². The lowest BCUT2D eigenvalue weighted by molar-refractivity contribution is 0.894. The monoisotopic (exact) mass is 164 g/mol. The van der Waals surface area contributed by atoms with Crippen LogP contribution in [0.5, 0.6) is 0 Å². The van der Waals surface area contributed by atoms with Crippen LogP contribution in [0.2, 0.25) is 0 Å². The van der Waals surface area contributed by atoms with E-state index in [9.17, 15) is 0 Å². The lowest BCUT2D eigenvalue weighted by Crippen LogP contribution is -2.22. The summed E-state index contributed by atoms with van der Waals surface area (Å²) in [6.07, 6.45) is 6.15. The molecule has 1 heterocycles. The van der Waals surface area contributed by atoms with E-state index >= 15 is 0 Å². The van der Waals surface area contributed by atoms with Crippen molar-refractivity contribution in [3.05, 3.63) is 23.4 Å². The molecule has 1 aliphatic rings. The van der Waals surface area contributed by atoms with E-state index in [0.29, 0.717) is 6.04 Å². The maximum Gasteiger partial charge on any atom is 0.0861 e. The van der Waals surface area contributed by atoms with Crippen LogP contribution in [-0.4, -0.2) is 18.8 Å². The minimum absolute atomic E-state index is 0.301. The molecule has 0 aromatic carbocycles. The summed E-state index contributed by atoms with van der Waals surface area (Å²) in [6.45, 7) is 7.07. The van der Waals surface area contributed by atoms with Crippen molar-refractivity contribution in [2.75, 3.05) is 6.54 Å². The van der Waals surface area contributed by atoms with E-state index in [-0.39, 0.29) is 0 Å². The van der Waals surface area contributed by atoms with E-state index in [1.165, 1.54) is 11.1 Å². The molecular formula is C10H16N2. The molecule has 0 aliphatic carbocycles. The summed E-state index contributed by atoms with van der Waals surface area (Å²) >= 11 is 0. The minimum Gasteiger partial charge on any atom is -0.379 e. The SMILES string of the molecule is C/C=C1/C(C)=CNC1C=NCC. The second-order valence-electron chi connectivity index (χ2n) is 2.86. The zero-order valence-corrected chi connectivity index (χ0v) is 7.96. The standard InChI is InChI=1S/C10H16N2/c1-4-9-8(3)6-12-10(9)7-11-5-2/h4,6-7,10,12H,5H2,1-3H3/b9-4-,11-7?. The molecule has 0 radical (unpaired) electrons. The van der Waals surface area contributed by atoms with E-state index < -0.39 is 0 Å². The molecule has 0 amide bonds. The topological polar surface area (TPSA) is 24.4 Å². The van der Waals surface area contributed by atoms with Crippen LogP contribution < -0.4 is 5.32 Å². The van der Waals surface area contributed by atoms with Crippen molar-refractivity contribution in [1.82, 2.24) is 5.32 Å². The Morgan fingerprint density at radius 1 is 1.67 bits per heavy atom. The number of nitrogens with zero attached hydrogens (tertiary/aromatic N) is 1. The molecule has 1 aliphatic heterocycles. The van der Waals surface area contributed by atoms with Gasteiger partial charge in [0.1, 0.15) is 0 Å². The molecule has 1 unspecified atom stereocenters. The van der Waals surface area contributed by atoms with E-state index in [0.717, 1.165) is 6.54 Å². The van der Waals surface area contributed by atoms with Crippen molar-refractivity contribution >= 4 is 6.21 Å². The summed E-state index contributed by atoms with van der Waals surface area (Å²) < 4.78 is 0. The molecule has 1 atom stereocenters. The molecule has 1 rings (SSSR count). The summed E-state index contributed by atoms with van der Waals surface area (Å²) in [5.74, 6) is 0. The zero-order valence-electron chi connectivity index (χ0n) is 7.96. The van der Waals surface area contributed by atoms with Crippen molar-refractivity contribution in [3.8, 4) is 0 Å². The summed E-state index contributed by atoms with van der Waals surface area (Å²) in [5.41, 5.74) is 2.65. The predicted octanol–water partition coefficient (Wildman–Crippen LogP) is 1.90. The predicted molar refractivity (Wildman–Crippen MR) is 53.5 cm³/mol. The third-order valence-corrected chi connectivity index (χ3v) is 2.02. The van der Waals surface area contributed by atoms with Gasteiger partial charge in [0.2, 0.25) is 0 Å². The van der Waals surface area contributed by atoms with E-state index in [1.54, 1.807) is 0 Å². The average Bonchev–Trinajstić information content (AvgIpc) is 2.43. The summed E-state index contributed by atoms with van der Waals surface area (Å²) in [6, 6.07) is 0.301. The van der Waals surface area contributed by atoms with Crippen molar-refractivity contribution in [1.29, 1.82) is 0 Å². The molecule has 0 saturated heterocycles. The number of nitrogens with one attached hydrogen (secondary N) is 1. The number of allylic oxidation sites excluding steroid dienone is 1. The van der Waals surface area contributed by atoms with Crippen molar-refractivity contribution in [2.45, 2.75) is 26.8 Å². The molecule has 0 aromatic heterocycles. The van der Waals surface area contributed by atoms with Gasteiger partial charge in [0.05, 0.1) is 6.04 Å². The Kier molecular flexibility index (Phi) is 3.09. The Balaban J connectivity index is 2.67. The van der Waals surface area contributed by atoms with Gasteiger partial charge in [-0.1, -0.05) is 6.08 Å². The Bertz CT molecular complexity index is 236. The van der Waals surface area contributed by atoms with Crippen LogP contribution in [0.15, 0.2) is 28.4 Å². The number of aliphatic imine (C=N–C) groups is 1. The van der Waals surface area contributed by atoms with Gasteiger partial charge in [-0.3, -0.25) is 4.99 Å². The van der Waals surface area contributed by atoms with Crippen LogP contribution >= 0.6 is 0 Å². The molecule has 1 N–H and O–H groups in total. The second-order valence-corrected chi connectivity index (χ2v) is 2.86. The Morgan fingerprint density at radius 2 is 2.42 bits per heavy atom.